The molecule has 0 spiro atoms. The van der Waals surface area contributed by atoms with Crippen molar-refractivity contribution in [3.63, 3.8) is 0 Å². The molecule has 1 aliphatic rings. The molecule has 1 aromatic heterocycles. The van der Waals surface area contributed by atoms with E-state index in [1.54, 1.807) is 26.2 Å². The number of hydrogen-bond acceptors (Lipinski definition) is 4. The van der Waals surface area contributed by atoms with Crippen molar-refractivity contribution in [1.29, 1.82) is 0 Å². The number of methoxy groups -OCH3 is 1. The maximum atomic E-state index is 11.9. The van der Waals surface area contributed by atoms with Crippen molar-refractivity contribution in [3.8, 4) is 5.75 Å². The fraction of sp³-hybridized carbons (Fsp3) is 0.125. The van der Waals surface area contributed by atoms with Gasteiger partial charge in [0.15, 0.2) is 0 Å². The van der Waals surface area contributed by atoms with Gasteiger partial charge in [-0.05, 0) is 25.1 Å². The minimum atomic E-state index is -0.632. The van der Waals surface area contributed by atoms with Gasteiger partial charge in [-0.25, -0.2) is 4.79 Å². The van der Waals surface area contributed by atoms with E-state index in [0.29, 0.717) is 22.8 Å². The third-order valence-electron chi connectivity index (χ3n) is 3.27. The van der Waals surface area contributed by atoms with Gasteiger partial charge in [-0.2, -0.15) is 0 Å². The Bertz CT molecular complexity index is 817. The highest BCUT2D eigenvalue weighted by Gasteiger charge is 2.30. The Balaban J connectivity index is 2.17. The summed E-state index contributed by atoms with van der Waals surface area (Å²) < 4.78 is 10.5. The standard InChI is InChI=1S/C16H13NO4/c1-9-7-11-13(21-16(19)14(11)15(18)17-9)8-10-5-3-4-6-12(10)20-2/h3-8H,1-2H3,(H,17,18)/b13-8+. The highest BCUT2D eigenvalue weighted by atomic mass is 16.5. The second-order valence-electron chi connectivity index (χ2n) is 4.71. The van der Waals surface area contributed by atoms with Crippen LogP contribution < -0.4 is 10.3 Å². The number of pyridine rings is 1. The number of hydrogen-bond donors (Lipinski definition) is 1. The van der Waals surface area contributed by atoms with Gasteiger partial charge in [-0.3, -0.25) is 4.79 Å². The summed E-state index contributed by atoms with van der Waals surface area (Å²) in [6, 6.07) is 9.09. The maximum Gasteiger partial charge on any atom is 0.349 e. The smallest absolute Gasteiger partial charge is 0.349 e. The third-order valence-corrected chi connectivity index (χ3v) is 3.27. The van der Waals surface area contributed by atoms with Crippen LogP contribution in [0.5, 0.6) is 5.75 Å². The van der Waals surface area contributed by atoms with Crippen LogP contribution in [-0.2, 0) is 4.74 Å². The van der Waals surface area contributed by atoms with Crippen molar-refractivity contribution in [2.24, 2.45) is 0 Å². The summed E-state index contributed by atoms with van der Waals surface area (Å²) in [4.78, 5) is 26.3. The lowest BCUT2D eigenvalue weighted by Gasteiger charge is -2.05. The number of carbonyl (C=O) groups is 1. The van der Waals surface area contributed by atoms with E-state index < -0.39 is 11.5 Å². The monoisotopic (exact) mass is 283 g/mol. The summed E-state index contributed by atoms with van der Waals surface area (Å²) in [5, 5.41) is 0. The molecule has 21 heavy (non-hydrogen) atoms. The zero-order valence-corrected chi connectivity index (χ0v) is 11.6. The summed E-state index contributed by atoms with van der Waals surface area (Å²) in [7, 11) is 1.57. The molecule has 0 saturated heterocycles. The van der Waals surface area contributed by atoms with Gasteiger partial charge in [-0.1, -0.05) is 18.2 Å². The van der Waals surface area contributed by atoms with Crippen molar-refractivity contribution in [3.05, 3.63) is 63.1 Å². The molecule has 1 aliphatic heterocycles. The molecule has 2 aromatic rings. The van der Waals surface area contributed by atoms with E-state index in [0.717, 1.165) is 5.56 Å². The molecule has 0 aliphatic carbocycles. The number of ether oxygens (including phenoxy) is 2. The number of aromatic nitrogens is 1. The number of para-hydroxylation sites is 1. The van der Waals surface area contributed by atoms with Gasteiger partial charge >= 0.3 is 5.97 Å². The normalized spacial score (nSPS) is 15.0. The van der Waals surface area contributed by atoms with E-state index >= 15 is 0 Å². The number of carbonyl (C=O) groups excluding carboxylic acids is 1. The minimum Gasteiger partial charge on any atom is -0.496 e. The molecule has 3 rings (SSSR count). The Labute approximate surface area is 120 Å². The molecule has 1 N–H and O–H groups in total. The Kier molecular flexibility index (Phi) is 3.10. The maximum absolute atomic E-state index is 11.9. The van der Waals surface area contributed by atoms with Crippen LogP contribution in [0.15, 0.2) is 35.1 Å². The van der Waals surface area contributed by atoms with Gasteiger partial charge in [0.2, 0.25) is 0 Å². The van der Waals surface area contributed by atoms with Crippen LogP contribution in [0, 0.1) is 6.92 Å². The topological polar surface area (TPSA) is 68.4 Å². The van der Waals surface area contributed by atoms with E-state index in [1.165, 1.54) is 0 Å². The number of benzene rings is 1. The Hall–Kier alpha value is -2.82. The number of aryl methyl sites for hydroxylation is 1. The lowest BCUT2D eigenvalue weighted by atomic mass is 10.1. The molecular weight excluding hydrogens is 270 g/mol. The minimum absolute atomic E-state index is 0.0433. The van der Waals surface area contributed by atoms with Crippen LogP contribution in [-0.4, -0.2) is 18.1 Å². The molecule has 5 heteroatoms. The van der Waals surface area contributed by atoms with E-state index in [4.69, 9.17) is 9.47 Å². The molecule has 0 fully saturated rings. The number of esters is 1. The zero-order valence-electron chi connectivity index (χ0n) is 11.6. The molecule has 2 heterocycles. The average Bonchev–Trinajstić information content (AvgIpc) is 2.76. The van der Waals surface area contributed by atoms with Crippen molar-refractivity contribution < 1.29 is 14.3 Å². The van der Waals surface area contributed by atoms with E-state index in [1.807, 2.05) is 24.3 Å². The van der Waals surface area contributed by atoms with Crippen LogP contribution in [0.3, 0.4) is 0 Å². The van der Waals surface area contributed by atoms with Gasteiger partial charge in [-0.15, -0.1) is 0 Å². The first-order valence-electron chi connectivity index (χ1n) is 6.41. The molecule has 0 unspecified atom stereocenters. The van der Waals surface area contributed by atoms with Gasteiger partial charge in [0.25, 0.3) is 5.56 Å². The van der Waals surface area contributed by atoms with Crippen LogP contribution in [0.2, 0.25) is 0 Å². The molecule has 1 aromatic carbocycles. The summed E-state index contributed by atoms with van der Waals surface area (Å²) in [5.74, 6) is 0.386. The number of nitrogens with one attached hydrogen (secondary N) is 1. The van der Waals surface area contributed by atoms with Gasteiger partial charge in [0.05, 0.1) is 7.11 Å². The molecule has 0 radical (unpaired) electrons. The molecule has 106 valence electrons. The number of aromatic amines is 1. The van der Waals surface area contributed by atoms with E-state index in [2.05, 4.69) is 4.98 Å². The van der Waals surface area contributed by atoms with Gasteiger partial charge in [0, 0.05) is 16.8 Å². The van der Waals surface area contributed by atoms with Gasteiger partial charge in [0.1, 0.15) is 17.1 Å². The van der Waals surface area contributed by atoms with Crippen molar-refractivity contribution in [1.82, 2.24) is 4.98 Å². The molecule has 0 atom stereocenters. The fourth-order valence-electron chi connectivity index (χ4n) is 2.33. The Morgan fingerprint density at radius 3 is 2.76 bits per heavy atom. The first-order chi connectivity index (χ1) is 10.1. The fourth-order valence-corrected chi connectivity index (χ4v) is 2.33. The molecule has 0 saturated carbocycles. The summed E-state index contributed by atoms with van der Waals surface area (Å²) in [6.07, 6.45) is 1.70. The van der Waals surface area contributed by atoms with Crippen molar-refractivity contribution in [2.75, 3.05) is 7.11 Å². The van der Waals surface area contributed by atoms with Crippen LogP contribution >= 0.6 is 0 Å². The Morgan fingerprint density at radius 1 is 1.24 bits per heavy atom. The highest BCUT2D eigenvalue weighted by Crippen LogP contribution is 2.31. The summed E-state index contributed by atoms with van der Waals surface area (Å²) in [6.45, 7) is 1.76. The first-order valence-corrected chi connectivity index (χ1v) is 6.41. The largest absolute Gasteiger partial charge is 0.496 e. The summed E-state index contributed by atoms with van der Waals surface area (Å²) >= 11 is 0. The van der Waals surface area contributed by atoms with Gasteiger partial charge < -0.3 is 14.5 Å². The second kappa shape index (κ2) is 4.94. The zero-order chi connectivity index (χ0) is 15.0. The number of H-pyrrole nitrogens is 1. The summed E-state index contributed by atoms with van der Waals surface area (Å²) in [5.41, 5.74) is 1.56. The lowest BCUT2D eigenvalue weighted by molar-refractivity contribution is 0.0715. The third kappa shape index (κ3) is 2.23. The lowest BCUT2D eigenvalue weighted by Crippen LogP contribution is -2.16. The molecule has 0 amide bonds. The van der Waals surface area contributed by atoms with Crippen molar-refractivity contribution in [2.45, 2.75) is 6.92 Å². The highest BCUT2D eigenvalue weighted by molar-refractivity contribution is 6.05. The molecular formula is C16H13NO4. The average molecular weight is 283 g/mol. The number of fused-ring (bicyclic) bond motifs is 1. The number of rotatable bonds is 2. The van der Waals surface area contributed by atoms with E-state index in [9.17, 15) is 9.59 Å². The number of cyclic esters (lactones) is 1. The quantitative estimate of drug-likeness (QED) is 0.859. The Morgan fingerprint density at radius 2 is 2.00 bits per heavy atom. The van der Waals surface area contributed by atoms with Crippen LogP contribution in [0.4, 0.5) is 0 Å². The van der Waals surface area contributed by atoms with Crippen LogP contribution in [0.25, 0.3) is 11.8 Å². The molecule has 5 nitrogen and oxygen atoms in total. The van der Waals surface area contributed by atoms with Crippen LogP contribution in [0.1, 0.15) is 27.2 Å². The first kappa shape index (κ1) is 13.2. The van der Waals surface area contributed by atoms with Crippen molar-refractivity contribution >= 4 is 17.8 Å². The predicted octanol–water partition coefficient (Wildman–Crippen LogP) is 2.36. The predicted molar refractivity (Wildman–Crippen MR) is 78.1 cm³/mol. The van der Waals surface area contributed by atoms with E-state index in [-0.39, 0.29) is 5.56 Å². The second-order valence-corrected chi connectivity index (χ2v) is 4.71. The molecule has 0 bridgehead atoms. The SMILES string of the molecule is COc1ccccc1/C=C1/OC(=O)c2c1cc(C)[nH]c2=O.